The molecule has 2 unspecified atom stereocenters. The number of hydrogen-bond donors (Lipinski definition) is 0. The van der Waals surface area contributed by atoms with Crippen LogP contribution in [0.3, 0.4) is 0 Å². The first-order valence-electron chi connectivity index (χ1n) is 7.72. The summed E-state index contributed by atoms with van der Waals surface area (Å²) in [6.45, 7) is 9.04. The van der Waals surface area contributed by atoms with Crippen LogP contribution in [-0.2, 0) is 6.54 Å². The van der Waals surface area contributed by atoms with Crippen molar-refractivity contribution in [1.82, 2.24) is 25.0 Å². The molecule has 7 nitrogen and oxygen atoms in total. The van der Waals surface area contributed by atoms with E-state index in [0.717, 1.165) is 49.9 Å². The van der Waals surface area contributed by atoms with E-state index in [4.69, 9.17) is 4.52 Å². The maximum atomic E-state index is 5.05. The molecule has 2 aromatic rings. The fourth-order valence-corrected chi connectivity index (χ4v) is 3.72. The van der Waals surface area contributed by atoms with E-state index in [9.17, 15) is 0 Å². The van der Waals surface area contributed by atoms with Crippen molar-refractivity contribution < 1.29 is 4.52 Å². The molecule has 2 aliphatic rings. The van der Waals surface area contributed by atoms with Gasteiger partial charge in [-0.25, -0.2) is 9.97 Å². The first kappa shape index (κ1) is 13.6. The third-order valence-corrected chi connectivity index (χ3v) is 4.66. The average molecular weight is 300 g/mol. The van der Waals surface area contributed by atoms with Crippen LogP contribution in [0.15, 0.2) is 17.0 Å². The normalized spacial score (nSPS) is 24.9. The highest BCUT2D eigenvalue weighted by atomic mass is 16.5. The molecule has 0 amide bonds. The molecule has 7 heteroatoms. The minimum Gasteiger partial charge on any atom is -0.356 e. The predicted octanol–water partition coefficient (Wildman–Crippen LogP) is 1.04. The van der Waals surface area contributed by atoms with Gasteiger partial charge in [0.15, 0.2) is 5.82 Å². The number of aryl methyl sites for hydroxylation is 2. The van der Waals surface area contributed by atoms with Crippen LogP contribution in [0.25, 0.3) is 0 Å². The lowest BCUT2D eigenvalue weighted by atomic mass is 10.0. The van der Waals surface area contributed by atoms with Crippen LogP contribution in [0.1, 0.15) is 17.3 Å². The van der Waals surface area contributed by atoms with E-state index in [1.807, 2.05) is 13.1 Å². The van der Waals surface area contributed by atoms with Gasteiger partial charge in [-0.05, 0) is 18.8 Å². The molecule has 2 aliphatic heterocycles. The average Bonchev–Trinajstić information content (AvgIpc) is 3.14. The molecule has 4 heterocycles. The molecule has 0 spiro atoms. The standard InChI is InChI=1S/C15H20N6O/c1-10-3-16-9-17-15(10)21-6-12-4-20(5-13(12)7-21)8-14-18-11(2)22-19-14/h3,9,12-13H,4-8H2,1-2H3. The molecule has 2 saturated heterocycles. The monoisotopic (exact) mass is 300 g/mol. The van der Waals surface area contributed by atoms with Crippen LogP contribution in [0.4, 0.5) is 5.82 Å². The number of fused-ring (bicyclic) bond motifs is 1. The van der Waals surface area contributed by atoms with Gasteiger partial charge in [-0.2, -0.15) is 4.98 Å². The minimum absolute atomic E-state index is 0.639. The summed E-state index contributed by atoms with van der Waals surface area (Å²) >= 11 is 0. The van der Waals surface area contributed by atoms with E-state index < -0.39 is 0 Å². The summed E-state index contributed by atoms with van der Waals surface area (Å²) in [5.41, 5.74) is 1.15. The van der Waals surface area contributed by atoms with Gasteiger partial charge in [-0.15, -0.1) is 0 Å². The quantitative estimate of drug-likeness (QED) is 0.838. The highest BCUT2D eigenvalue weighted by molar-refractivity contribution is 5.46. The number of likely N-dealkylation sites (tertiary alicyclic amines) is 1. The second kappa shape index (κ2) is 5.31. The fraction of sp³-hybridized carbons (Fsp3) is 0.600. The zero-order chi connectivity index (χ0) is 15.1. The maximum absolute atomic E-state index is 5.05. The zero-order valence-corrected chi connectivity index (χ0v) is 12.9. The SMILES string of the molecule is Cc1nc(CN2CC3CN(c4ncncc4C)CC3C2)no1. The third-order valence-electron chi connectivity index (χ3n) is 4.66. The van der Waals surface area contributed by atoms with E-state index in [1.165, 1.54) is 0 Å². The lowest BCUT2D eigenvalue weighted by Gasteiger charge is -2.22. The van der Waals surface area contributed by atoms with Crippen LogP contribution in [0, 0.1) is 25.7 Å². The van der Waals surface area contributed by atoms with Gasteiger partial charge in [0.2, 0.25) is 5.89 Å². The molecular weight excluding hydrogens is 280 g/mol. The lowest BCUT2D eigenvalue weighted by molar-refractivity contribution is 0.292. The Kier molecular flexibility index (Phi) is 3.29. The van der Waals surface area contributed by atoms with Crippen molar-refractivity contribution in [3.8, 4) is 0 Å². The van der Waals surface area contributed by atoms with Crippen molar-refractivity contribution in [2.45, 2.75) is 20.4 Å². The van der Waals surface area contributed by atoms with Crippen LogP contribution in [0.2, 0.25) is 0 Å². The van der Waals surface area contributed by atoms with Crippen LogP contribution in [-0.4, -0.2) is 51.2 Å². The minimum atomic E-state index is 0.639. The second-order valence-corrected chi connectivity index (χ2v) is 6.38. The Bertz CT molecular complexity index is 658. The second-order valence-electron chi connectivity index (χ2n) is 6.38. The summed E-state index contributed by atoms with van der Waals surface area (Å²) in [6.07, 6.45) is 3.53. The van der Waals surface area contributed by atoms with E-state index in [2.05, 4.69) is 36.8 Å². The van der Waals surface area contributed by atoms with Crippen molar-refractivity contribution in [2.75, 3.05) is 31.1 Å². The number of aromatic nitrogens is 4. The van der Waals surface area contributed by atoms with E-state index in [1.54, 1.807) is 6.33 Å². The van der Waals surface area contributed by atoms with Crippen LogP contribution in [0.5, 0.6) is 0 Å². The molecule has 2 aromatic heterocycles. The van der Waals surface area contributed by atoms with Gasteiger partial charge in [0.05, 0.1) is 6.54 Å². The van der Waals surface area contributed by atoms with Gasteiger partial charge in [-0.1, -0.05) is 5.16 Å². The van der Waals surface area contributed by atoms with E-state index in [0.29, 0.717) is 17.7 Å². The number of anilines is 1. The molecule has 116 valence electrons. The van der Waals surface area contributed by atoms with Crippen molar-refractivity contribution in [3.63, 3.8) is 0 Å². The first-order chi connectivity index (χ1) is 10.7. The summed E-state index contributed by atoms with van der Waals surface area (Å²) in [5, 5.41) is 3.99. The summed E-state index contributed by atoms with van der Waals surface area (Å²) in [6, 6.07) is 0. The van der Waals surface area contributed by atoms with E-state index >= 15 is 0 Å². The predicted molar refractivity (Wildman–Crippen MR) is 80.3 cm³/mol. The number of nitrogens with zero attached hydrogens (tertiary/aromatic N) is 6. The van der Waals surface area contributed by atoms with E-state index in [-0.39, 0.29) is 0 Å². The van der Waals surface area contributed by atoms with Crippen molar-refractivity contribution in [2.24, 2.45) is 11.8 Å². The zero-order valence-electron chi connectivity index (χ0n) is 12.9. The van der Waals surface area contributed by atoms with Crippen molar-refractivity contribution in [3.05, 3.63) is 29.8 Å². The Labute approximate surface area is 129 Å². The Morgan fingerprint density at radius 3 is 2.59 bits per heavy atom. The highest BCUT2D eigenvalue weighted by Crippen LogP contribution is 2.34. The molecular formula is C15H20N6O. The molecule has 0 saturated carbocycles. The van der Waals surface area contributed by atoms with Gasteiger partial charge in [0, 0.05) is 44.9 Å². The molecule has 2 fully saturated rings. The number of rotatable bonds is 3. The molecule has 0 aromatic carbocycles. The molecule has 0 N–H and O–H groups in total. The molecule has 2 atom stereocenters. The Morgan fingerprint density at radius 2 is 1.95 bits per heavy atom. The summed E-state index contributed by atoms with van der Waals surface area (Å²) < 4.78 is 5.05. The molecule has 22 heavy (non-hydrogen) atoms. The molecule has 0 radical (unpaired) electrons. The molecule has 0 aliphatic carbocycles. The maximum Gasteiger partial charge on any atom is 0.223 e. The van der Waals surface area contributed by atoms with Gasteiger partial charge in [0.1, 0.15) is 12.1 Å². The smallest absolute Gasteiger partial charge is 0.223 e. The fourth-order valence-electron chi connectivity index (χ4n) is 3.72. The topological polar surface area (TPSA) is 71.2 Å². The van der Waals surface area contributed by atoms with Crippen LogP contribution < -0.4 is 4.90 Å². The van der Waals surface area contributed by atoms with Crippen LogP contribution >= 0.6 is 0 Å². The Morgan fingerprint density at radius 1 is 1.18 bits per heavy atom. The first-order valence-corrected chi connectivity index (χ1v) is 7.72. The highest BCUT2D eigenvalue weighted by Gasteiger charge is 2.40. The molecule has 4 rings (SSSR count). The summed E-state index contributed by atoms with van der Waals surface area (Å²) in [4.78, 5) is 17.7. The summed E-state index contributed by atoms with van der Waals surface area (Å²) in [7, 11) is 0. The Hall–Kier alpha value is -2.02. The third kappa shape index (κ3) is 2.45. The Balaban J connectivity index is 1.39. The van der Waals surface area contributed by atoms with Gasteiger partial charge >= 0.3 is 0 Å². The number of hydrogen-bond acceptors (Lipinski definition) is 7. The summed E-state index contributed by atoms with van der Waals surface area (Å²) in [5.74, 6) is 3.91. The largest absolute Gasteiger partial charge is 0.356 e. The lowest BCUT2D eigenvalue weighted by Crippen LogP contribution is -2.29. The van der Waals surface area contributed by atoms with Gasteiger partial charge < -0.3 is 9.42 Å². The van der Waals surface area contributed by atoms with Crippen molar-refractivity contribution in [1.29, 1.82) is 0 Å². The van der Waals surface area contributed by atoms with Gasteiger partial charge in [0.25, 0.3) is 0 Å². The molecule has 0 bridgehead atoms. The van der Waals surface area contributed by atoms with Gasteiger partial charge in [-0.3, -0.25) is 4.90 Å². The van der Waals surface area contributed by atoms with Crippen molar-refractivity contribution >= 4 is 5.82 Å².